The molecule has 0 saturated carbocycles. The molecule has 148 valence electrons. The number of aromatic nitrogens is 1. The van der Waals surface area contributed by atoms with Crippen molar-refractivity contribution in [3.63, 3.8) is 0 Å². The minimum Gasteiger partial charge on any atom is -0.363 e. The first-order chi connectivity index (χ1) is 14.7. The fourth-order valence-electron chi connectivity index (χ4n) is 4.33. The number of rotatable bonds is 5. The molecule has 5 rings (SSSR count). The maximum Gasteiger partial charge on any atom is 0.143 e. The van der Waals surface area contributed by atoms with Crippen LogP contribution in [0, 0.1) is 10.7 Å². The molecular weight excluding hydrogens is 377 g/mol. The van der Waals surface area contributed by atoms with Crippen LogP contribution in [0.15, 0.2) is 84.0 Å². The van der Waals surface area contributed by atoms with Gasteiger partial charge in [-0.25, -0.2) is 9.37 Å². The van der Waals surface area contributed by atoms with Crippen molar-refractivity contribution in [2.45, 2.75) is 24.9 Å². The number of pyridine rings is 1. The molecule has 1 aromatic heterocycles. The molecule has 4 nitrogen and oxygen atoms in total. The number of benzene rings is 3. The molecule has 0 radical (unpaired) electrons. The van der Waals surface area contributed by atoms with E-state index < -0.39 is 6.04 Å². The van der Waals surface area contributed by atoms with Crippen molar-refractivity contribution in [2.75, 3.05) is 5.32 Å². The van der Waals surface area contributed by atoms with Gasteiger partial charge in [0.05, 0.1) is 11.6 Å². The van der Waals surface area contributed by atoms with Crippen LogP contribution < -0.4 is 5.32 Å². The van der Waals surface area contributed by atoms with Crippen LogP contribution in [-0.4, -0.2) is 4.98 Å². The van der Waals surface area contributed by atoms with Crippen LogP contribution in [0.1, 0.15) is 40.8 Å². The van der Waals surface area contributed by atoms with Crippen molar-refractivity contribution in [3.8, 4) is 0 Å². The van der Waals surface area contributed by atoms with E-state index in [1.165, 1.54) is 23.3 Å². The Kier molecular flexibility index (Phi) is 4.71. The summed E-state index contributed by atoms with van der Waals surface area (Å²) in [6.45, 7) is 0. The summed E-state index contributed by atoms with van der Waals surface area (Å²) in [5, 5.41) is 7.74. The van der Waals surface area contributed by atoms with E-state index >= 15 is 0 Å². The molecule has 1 heterocycles. The first-order valence-electron chi connectivity index (χ1n) is 10.0. The van der Waals surface area contributed by atoms with Gasteiger partial charge in [-0.3, -0.25) is 0 Å². The van der Waals surface area contributed by atoms with Crippen LogP contribution in [0.2, 0.25) is 0 Å². The molecule has 0 spiro atoms. The van der Waals surface area contributed by atoms with Gasteiger partial charge in [-0.05, 0) is 65.4 Å². The van der Waals surface area contributed by atoms with Gasteiger partial charge in [-0.2, -0.15) is 0 Å². The summed E-state index contributed by atoms with van der Waals surface area (Å²) >= 11 is 0. The third-order valence-corrected chi connectivity index (χ3v) is 5.81. The number of nitrogens with one attached hydrogen (secondary N) is 1. The Hall–Kier alpha value is -3.60. The lowest BCUT2D eigenvalue weighted by molar-refractivity contribution is 0.626. The van der Waals surface area contributed by atoms with Gasteiger partial charge in [0.15, 0.2) is 0 Å². The largest absolute Gasteiger partial charge is 0.363 e. The second-order valence-electron chi connectivity index (χ2n) is 7.60. The van der Waals surface area contributed by atoms with Crippen LogP contribution in [0.25, 0.3) is 10.9 Å². The summed E-state index contributed by atoms with van der Waals surface area (Å²) in [6, 6.07) is 23.5. The maximum atomic E-state index is 13.3. The lowest BCUT2D eigenvalue weighted by Gasteiger charge is -2.17. The van der Waals surface area contributed by atoms with Crippen LogP contribution in [0.5, 0.6) is 0 Å². The fraction of sp³-hybridized carbons (Fsp3) is 0.160. The van der Waals surface area contributed by atoms with Crippen LogP contribution in [-0.2, 0) is 6.42 Å². The molecule has 0 fully saturated rings. The first kappa shape index (κ1) is 18.4. The molecule has 3 aromatic carbocycles. The maximum absolute atomic E-state index is 13.3. The van der Waals surface area contributed by atoms with E-state index in [9.17, 15) is 9.30 Å². The van der Waals surface area contributed by atoms with Gasteiger partial charge in [-0.1, -0.05) is 53.7 Å². The summed E-state index contributed by atoms with van der Waals surface area (Å²) in [5.41, 5.74) is 4.93. The molecule has 0 saturated heterocycles. The van der Waals surface area contributed by atoms with E-state index in [0.717, 1.165) is 35.1 Å². The van der Waals surface area contributed by atoms with E-state index in [0.29, 0.717) is 5.56 Å². The van der Waals surface area contributed by atoms with Crippen molar-refractivity contribution >= 4 is 16.7 Å². The van der Waals surface area contributed by atoms with Crippen molar-refractivity contribution in [1.82, 2.24) is 4.98 Å². The van der Waals surface area contributed by atoms with Gasteiger partial charge in [-0.15, -0.1) is 4.91 Å². The van der Waals surface area contributed by atoms with Crippen molar-refractivity contribution in [3.05, 3.63) is 112 Å². The number of anilines is 1. The van der Waals surface area contributed by atoms with Crippen molar-refractivity contribution in [1.29, 1.82) is 0 Å². The topological polar surface area (TPSA) is 54.4 Å². The number of hydrogen-bond donors (Lipinski definition) is 1. The zero-order valence-corrected chi connectivity index (χ0v) is 16.3. The number of nitrogens with zero attached hydrogens (tertiary/aromatic N) is 2. The van der Waals surface area contributed by atoms with Gasteiger partial charge in [0.1, 0.15) is 17.7 Å². The Labute approximate surface area is 173 Å². The molecule has 1 aliphatic carbocycles. The molecule has 4 aromatic rings. The number of aryl methyl sites for hydroxylation is 1. The molecule has 0 bridgehead atoms. The van der Waals surface area contributed by atoms with Crippen LogP contribution in [0.4, 0.5) is 10.2 Å². The first-order valence-corrected chi connectivity index (χ1v) is 10.0. The minimum absolute atomic E-state index is 0.248. The molecule has 30 heavy (non-hydrogen) atoms. The Bertz CT molecular complexity index is 1220. The molecule has 2 atom stereocenters. The average Bonchev–Trinajstić information content (AvgIpc) is 3.18. The van der Waals surface area contributed by atoms with Gasteiger partial charge in [0.2, 0.25) is 0 Å². The van der Waals surface area contributed by atoms with Crippen molar-refractivity contribution < 1.29 is 4.39 Å². The van der Waals surface area contributed by atoms with E-state index in [4.69, 9.17) is 4.98 Å². The summed E-state index contributed by atoms with van der Waals surface area (Å²) in [6.07, 6.45) is 2.11. The number of fused-ring (bicyclic) bond motifs is 2. The molecule has 0 aliphatic heterocycles. The van der Waals surface area contributed by atoms with Gasteiger partial charge in [0, 0.05) is 5.39 Å². The molecule has 0 amide bonds. The lowest BCUT2D eigenvalue weighted by Crippen LogP contribution is -2.08. The highest BCUT2D eigenvalue weighted by atomic mass is 19.1. The molecule has 1 aliphatic rings. The minimum atomic E-state index is -0.711. The summed E-state index contributed by atoms with van der Waals surface area (Å²) in [5.74, 6) is 0.464. The third-order valence-electron chi connectivity index (χ3n) is 5.81. The second kappa shape index (κ2) is 7.67. The molecule has 2 unspecified atom stereocenters. The summed E-state index contributed by atoms with van der Waals surface area (Å²) < 4.78 is 13.3. The molecular formula is C25H20FN3O. The molecule has 5 heteroatoms. The smallest absolute Gasteiger partial charge is 0.143 e. The Morgan fingerprint density at radius 3 is 2.63 bits per heavy atom. The Morgan fingerprint density at radius 2 is 1.80 bits per heavy atom. The summed E-state index contributed by atoms with van der Waals surface area (Å²) in [7, 11) is 0. The van der Waals surface area contributed by atoms with Gasteiger partial charge >= 0.3 is 0 Å². The zero-order valence-electron chi connectivity index (χ0n) is 16.3. The van der Waals surface area contributed by atoms with E-state index in [-0.39, 0.29) is 11.9 Å². The van der Waals surface area contributed by atoms with Crippen LogP contribution >= 0.6 is 0 Å². The van der Waals surface area contributed by atoms with Gasteiger partial charge < -0.3 is 5.32 Å². The zero-order chi connectivity index (χ0) is 20.5. The second-order valence-corrected chi connectivity index (χ2v) is 7.60. The number of hydrogen-bond acceptors (Lipinski definition) is 4. The average molecular weight is 397 g/mol. The Morgan fingerprint density at radius 1 is 0.967 bits per heavy atom. The number of halogens is 1. The number of nitroso groups, excluding NO2 is 1. The normalized spacial score (nSPS) is 16.2. The summed E-state index contributed by atoms with van der Waals surface area (Å²) in [4.78, 5) is 16.5. The van der Waals surface area contributed by atoms with Gasteiger partial charge in [0.25, 0.3) is 0 Å². The highest BCUT2D eigenvalue weighted by Gasteiger charge is 2.22. The Balaban J connectivity index is 1.48. The van der Waals surface area contributed by atoms with E-state index in [2.05, 4.69) is 34.8 Å². The SMILES string of the molecule is O=NC(c1ccc(F)cc1)c1cccc2nc(NC3CCc4ccccc43)ccc12. The monoisotopic (exact) mass is 397 g/mol. The third kappa shape index (κ3) is 3.32. The quantitative estimate of drug-likeness (QED) is 0.400. The van der Waals surface area contributed by atoms with E-state index in [1.807, 2.05) is 30.3 Å². The lowest BCUT2D eigenvalue weighted by atomic mass is 9.96. The van der Waals surface area contributed by atoms with E-state index in [1.54, 1.807) is 12.1 Å². The predicted octanol–water partition coefficient (Wildman–Crippen LogP) is 6.33. The highest BCUT2D eigenvalue weighted by molar-refractivity contribution is 5.84. The predicted molar refractivity (Wildman–Crippen MR) is 117 cm³/mol. The van der Waals surface area contributed by atoms with Crippen LogP contribution in [0.3, 0.4) is 0 Å². The fourth-order valence-corrected chi connectivity index (χ4v) is 4.33. The molecule has 1 N–H and O–H groups in total. The standard InChI is InChI=1S/C25H20FN3O/c26-18-11-8-17(9-12-18)25(29-30)21-6-3-7-22-20(21)13-15-24(27-22)28-23-14-10-16-4-1-2-5-19(16)23/h1-9,11-13,15,23,25H,10,14H2,(H,27,28). The highest BCUT2D eigenvalue weighted by Crippen LogP contribution is 2.35. The van der Waals surface area contributed by atoms with Crippen molar-refractivity contribution in [2.24, 2.45) is 5.18 Å².